The Morgan fingerprint density at radius 1 is 1.19 bits per heavy atom. The molecule has 2 unspecified atom stereocenters. The summed E-state index contributed by atoms with van der Waals surface area (Å²) < 4.78 is 5.40. The zero-order chi connectivity index (χ0) is 17.9. The molecule has 1 aromatic rings. The van der Waals surface area contributed by atoms with Crippen molar-refractivity contribution in [3.05, 3.63) is 22.4 Å². The van der Waals surface area contributed by atoms with E-state index in [1.165, 1.54) is 4.88 Å². The first-order valence-corrected chi connectivity index (χ1v) is 11.5. The number of rotatable bonds is 3. The first-order chi connectivity index (χ1) is 12.7. The van der Waals surface area contributed by atoms with Crippen molar-refractivity contribution in [2.75, 3.05) is 38.6 Å². The van der Waals surface area contributed by atoms with Gasteiger partial charge in [0.2, 0.25) is 11.8 Å². The lowest BCUT2D eigenvalue weighted by Crippen LogP contribution is -2.42. The molecular formula is C19H26N2O3S2. The average molecular weight is 395 g/mol. The number of hydrogen-bond donors (Lipinski definition) is 0. The standard InChI is InChI=1S/C19H26N2O3S2/c22-18-12-14(13-21(18)15-4-8-24-9-5-15)19(23)20-6-3-17(26-11-7-20)16-2-1-10-25-16/h1-2,10,14-15,17H,3-9,11-13H2. The summed E-state index contributed by atoms with van der Waals surface area (Å²) in [5.41, 5.74) is 0. The van der Waals surface area contributed by atoms with Crippen molar-refractivity contribution in [2.45, 2.75) is 37.0 Å². The van der Waals surface area contributed by atoms with Crippen LogP contribution in [0.15, 0.2) is 17.5 Å². The lowest BCUT2D eigenvalue weighted by molar-refractivity contribution is -0.135. The molecule has 4 heterocycles. The van der Waals surface area contributed by atoms with Gasteiger partial charge in [-0.3, -0.25) is 9.59 Å². The van der Waals surface area contributed by atoms with Gasteiger partial charge in [-0.15, -0.1) is 11.3 Å². The van der Waals surface area contributed by atoms with Crippen LogP contribution in [0.5, 0.6) is 0 Å². The van der Waals surface area contributed by atoms with Crippen LogP contribution in [-0.4, -0.2) is 66.3 Å². The molecule has 0 aliphatic carbocycles. The van der Waals surface area contributed by atoms with Crippen LogP contribution in [0.1, 0.15) is 35.8 Å². The van der Waals surface area contributed by atoms with Crippen molar-refractivity contribution in [3.8, 4) is 0 Å². The van der Waals surface area contributed by atoms with Gasteiger partial charge in [-0.2, -0.15) is 11.8 Å². The van der Waals surface area contributed by atoms with Crippen LogP contribution >= 0.6 is 23.1 Å². The second-order valence-corrected chi connectivity index (χ2v) is 9.57. The maximum absolute atomic E-state index is 13.0. The minimum atomic E-state index is -0.159. The molecule has 0 N–H and O–H groups in total. The Bertz CT molecular complexity index is 631. The van der Waals surface area contributed by atoms with Crippen LogP contribution in [-0.2, 0) is 14.3 Å². The number of thioether (sulfide) groups is 1. The van der Waals surface area contributed by atoms with Gasteiger partial charge in [0.15, 0.2) is 0 Å². The SMILES string of the molecule is O=C(C1CC(=O)N(C2CCOCC2)C1)N1CCSC(c2cccs2)CC1. The normalized spacial score (nSPS) is 28.4. The van der Waals surface area contributed by atoms with Crippen molar-refractivity contribution in [3.63, 3.8) is 0 Å². The van der Waals surface area contributed by atoms with Crippen molar-refractivity contribution in [1.82, 2.24) is 9.80 Å². The fourth-order valence-corrected chi connectivity index (χ4v) is 6.43. The number of carbonyl (C=O) groups excluding carboxylic acids is 2. The molecule has 0 bridgehead atoms. The minimum Gasteiger partial charge on any atom is -0.381 e. The highest BCUT2D eigenvalue weighted by molar-refractivity contribution is 7.99. The highest BCUT2D eigenvalue weighted by atomic mass is 32.2. The summed E-state index contributed by atoms with van der Waals surface area (Å²) >= 11 is 3.76. The highest BCUT2D eigenvalue weighted by Crippen LogP contribution is 2.37. The molecule has 4 rings (SSSR count). The van der Waals surface area contributed by atoms with Gasteiger partial charge in [-0.05, 0) is 30.7 Å². The summed E-state index contributed by atoms with van der Waals surface area (Å²) in [5, 5.41) is 2.62. The molecule has 3 fully saturated rings. The molecule has 0 aromatic carbocycles. The summed E-state index contributed by atoms with van der Waals surface area (Å²) in [6.45, 7) is 3.64. The molecule has 0 radical (unpaired) electrons. The summed E-state index contributed by atoms with van der Waals surface area (Å²) in [5.74, 6) is 1.14. The monoisotopic (exact) mass is 394 g/mol. The Morgan fingerprint density at radius 2 is 2.04 bits per heavy atom. The van der Waals surface area contributed by atoms with Crippen LogP contribution in [0.4, 0.5) is 0 Å². The Balaban J connectivity index is 1.34. The minimum absolute atomic E-state index is 0.149. The van der Waals surface area contributed by atoms with E-state index in [4.69, 9.17) is 4.74 Å². The topological polar surface area (TPSA) is 49.9 Å². The van der Waals surface area contributed by atoms with E-state index >= 15 is 0 Å². The van der Waals surface area contributed by atoms with E-state index in [0.29, 0.717) is 18.2 Å². The molecule has 3 aliphatic heterocycles. The van der Waals surface area contributed by atoms with E-state index < -0.39 is 0 Å². The lowest BCUT2D eigenvalue weighted by Gasteiger charge is -2.31. The molecule has 26 heavy (non-hydrogen) atoms. The van der Waals surface area contributed by atoms with Crippen LogP contribution in [0.25, 0.3) is 0 Å². The number of hydrogen-bond acceptors (Lipinski definition) is 5. The lowest BCUT2D eigenvalue weighted by atomic mass is 10.1. The number of ether oxygens (including phenoxy) is 1. The van der Waals surface area contributed by atoms with Crippen molar-refractivity contribution in [2.24, 2.45) is 5.92 Å². The third-order valence-corrected chi connectivity index (χ3v) is 8.10. The zero-order valence-electron chi connectivity index (χ0n) is 15.0. The molecule has 5 nitrogen and oxygen atoms in total. The summed E-state index contributed by atoms with van der Waals surface area (Å²) in [6, 6.07) is 4.56. The van der Waals surface area contributed by atoms with Gasteiger partial charge in [0.1, 0.15) is 0 Å². The molecule has 0 spiro atoms. The molecule has 3 aliphatic rings. The third kappa shape index (κ3) is 3.94. The van der Waals surface area contributed by atoms with Gasteiger partial charge in [-0.25, -0.2) is 0 Å². The van der Waals surface area contributed by atoms with E-state index in [9.17, 15) is 9.59 Å². The molecule has 3 saturated heterocycles. The maximum atomic E-state index is 13.0. The van der Waals surface area contributed by atoms with E-state index in [1.54, 1.807) is 11.3 Å². The van der Waals surface area contributed by atoms with Crippen LogP contribution < -0.4 is 0 Å². The van der Waals surface area contributed by atoms with Gasteiger partial charge < -0.3 is 14.5 Å². The van der Waals surface area contributed by atoms with E-state index in [1.807, 2.05) is 21.6 Å². The number of thiophene rings is 1. The van der Waals surface area contributed by atoms with Crippen LogP contribution in [0.2, 0.25) is 0 Å². The number of likely N-dealkylation sites (tertiary alicyclic amines) is 1. The van der Waals surface area contributed by atoms with E-state index in [2.05, 4.69) is 17.5 Å². The van der Waals surface area contributed by atoms with Crippen LogP contribution in [0, 0.1) is 5.92 Å². The van der Waals surface area contributed by atoms with Gasteiger partial charge in [-0.1, -0.05) is 6.07 Å². The number of amides is 2. The average Bonchev–Trinajstić information content (AvgIpc) is 3.26. The fraction of sp³-hybridized carbons (Fsp3) is 0.684. The van der Waals surface area contributed by atoms with E-state index in [-0.39, 0.29) is 23.8 Å². The summed E-state index contributed by atoms with van der Waals surface area (Å²) in [4.78, 5) is 30.9. The smallest absolute Gasteiger partial charge is 0.228 e. The molecule has 1 aromatic heterocycles. The maximum Gasteiger partial charge on any atom is 0.228 e. The Hall–Kier alpha value is -1.05. The highest BCUT2D eigenvalue weighted by Gasteiger charge is 2.40. The second kappa shape index (κ2) is 8.31. The van der Waals surface area contributed by atoms with Gasteiger partial charge in [0, 0.05) is 61.2 Å². The fourth-order valence-electron chi connectivity index (χ4n) is 4.20. The van der Waals surface area contributed by atoms with Crippen molar-refractivity contribution < 1.29 is 14.3 Å². The zero-order valence-corrected chi connectivity index (χ0v) is 16.6. The largest absolute Gasteiger partial charge is 0.381 e. The Labute approximate surface area is 163 Å². The molecule has 0 saturated carbocycles. The number of nitrogens with zero attached hydrogens (tertiary/aromatic N) is 2. The molecular weight excluding hydrogens is 368 g/mol. The van der Waals surface area contributed by atoms with Gasteiger partial charge in [0.25, 0.3) is 0 Å². The molecule has 2 atom stereocenters. The molecule has 7 heteroatoms. The van der Waals surface area contributed by atoms with Crippen LogP contribution in [0.3, 0.4) is 0 Å². The van der Waals surface area contributed by atoms with E-state index in [0.717, 1.165) is 51.3 Å². The predicted octanol–water partition coefficient (Wildman–Crippen LogP) is 2.78. The first kappa shape index (κ1) is 18.3. The summed E-state index contributed by atoms with van der Waals surface area (Å²) in [7, 11) is 0. The first-order valence-electron chi connectivity index (χ1n) is 9.53. The van der Waals surface area contributed by atoms with Gasteiger partial charge in [0.05, 0.1) is 5.92 Å². The second-order valence-electron chi connectivity index (χ2n) is 7.28. The number of carbonyl (C=O) groups is 2. The van der Waals surface area contributed by atoms with Crippen molar-refractivity contribution >= 4 is 34.9 Å². The molecule has 2 amide bonds. The Kier molecular flexibility index (Phi) is 5.86. The van der Waals surface area contributed by atoms with Crippen molar-refractivity contribution in [1.29, 1.82) is 0 Å². The third-order valence-electron chi connectivity index (χ3n) is 5.65. The quantitative estimate of drug-likeness (QED) is 0.791. The Morgan fingerprint density at radius 3 is 2.81 bits per heavy atom. The predicted molar refractivity (Wildman–Crippen MR) is 104 cm³/mol. The molecule has 142 valence electrons. The summed E-state index contributed by atoms with van der Waals surface area (Å²) in [6.07, 6.45) is 3.18. The van der Waals surface area contributed by atoms with Gasteiger partial charge >= 0.3 is 0 Å².